The van der Waals surface area contributed by atoms with Gasteiger partial charge in [-0.15, -0.1) is 0 Å². The molecule has 1 N–H and O–H groups in total. The van der Waals surface area contributed by atoms with Crippen molar-refractivity contribution >= 4 is 23.4 Å². The highest BCUT2D eigenvalue weighted by Crippen LogP contribution is 2.19. The van der Waals surface area contributed by atoms with Crippen molar-refractivity contribution in [2.24, 2.45) is 0 Å². The summed E-state index contributed by atoms with van der Waals surface area (Å²) in [6, 6.07) is 12.9. The number of nitrogens with zero attached hydrogens (tertiary/aromatic N) is 2. The van der Waals surface area contributed by atoms with Crippen LogP contribution < -0.4 is 5.32 Å². The first-order valence-corrected chi connectivity index (χ1v) is 9.45. The molecule has 0 unspecified atom stereocenters. The summed E-state index contributed by atoms with van der Waals surface area (Å²) in [7, 11) is 0. The smallest absolute Gasteiger partial charge is 0.312 e. The molecule has 0 spiro atoms. The molecule has 3 rings (SSSR count). The van der Waals surface area contributed by atoms with Crippen molar-refractivity contribution in [2.45, 2.75) is 27.3 Å². The number of rotatable bonds is 5. The third kappa shape index (κ3) is 4.06. The van der Waals surface area contributed by atoms with Gasteiger partial charge in [0.1, 0.15) is 0 Å². The highest BCUT2D eigenvalue weighted by atomic mass is 16.2. The number of hydrogen-bond donors (Lipinski definition) is 1. The number of likely N-dealkylation sites (N-methyl/N-ethyl adjacent to an activating group) is 1. The lowest BCUT2D eigenvalue weighted by atomic mass is 10.1. The van der Waals surface area contributed by atoms with Gasteiger partial charge in [-0.3, -0.25) is 14.4 Å². The third-order valence-electron chi connectivity index (χ3n) is 5.22. The fourth-order valence-corrected chi connectivity index (χ4v) is 3.23. The molecule has 0 bridgehead atoms. The average molecular weight is 379 g/mol. The van der Waals surface area contributed by atoms with E-state index in [9.17, 15) is 14.4 Å². The maximum Gasteiger partial charge on any atom is 0.312 e. The van der Waals surface area contributed by atoms with Crippen molar-refractivity contribution in [3.63, 3.8) is 0 Å². The van der Waals surface area contributed by atoms with Gasteiger partial charge < -0.3 is 15.1 Å². The van der Waals surface area contributed by atoms with Crippen LogP contribution in [0, 0.1) is 13.8 Å². The molecule has 1 fully saturated rings. The van der Waals surface area contributed by atoms with Crippen molar-refractivity contribution in [1.82, 2.24) is 9.80 Å². The molecule has 6 nitrogen and oxygen atoms in total. The van der Waals surface area contributed by atoms with E-state index in [2.05, 4.69) is 5.32 Å². The van der Waals surface area contributed by atoms with Crippen LogP contribution in [-0.2, 0) is 16.1 Å². The number of nitrogens with one attached hydrogen (secondary N) is 1. The summed E-state index contributed by atoms with van der Waals surface area (Å²) >= 11 is 0. The molecular weight excluding hydrogens is 354 g/mol. The van der Waals surface area contributed by atoms with Gasteiger partial charge >= 0.3 is 11.8 Å². The molecule has 0 aromatic heterocycles. The Morgan fingerprint density at radius 3 is 2.29 bits per heavy atom. The number of amides is 3. The molecule has 2 aromatic rings. The molecular formula is C22H25N3O3. The first-order valence-electron chi connectivity index (χ1n) is 9.45. The van der Waals surface area contributed by atoms with E-state index in [4.69, 9.17) is 0 Å². The van der Waals surface area contributed by atoms with Gasteiger partial charge in [0.05, 0.1) is 0 Å². The maximum atomic E-state index is 12.5. The number of carbonyl (C=O) groups is 3. The van der Waals surface area contributed by atoms with Crippen molar-refractivity contribution < 1.29 is 14.4 Å². The SMILES string of the molecule is CCN1CCN(Cc2ccc(C(=O)Nc3cccc(C)c3C)cc2)C(=O)C1=O. The van der Waals surface area contributed by atoms with Crippen LogP contribution in [0.2, 0.25) is 0 Å². The normalized spacial score (nSPS) is 14.4. The Morgan fingerprint density at radius 1 is 0.964 bits per heavy atom. The molecule has 1 saturated heterocycles. The minimum atomic E-state index is -0.468. The lowest BCUT2D eigenvalue weighted by Crippen LogP contribution is -2.53. The third-order valence-corrected chi connectivity index (χ3v) is 5.22. The van der Waals surface area contributed by atoms with Crippen molar-refractivity contribution in [3.05, 3.63) is 64.7 Å². The second kappa shape index (κ2) is 8.25. The standard InChI is InChI=1S/C22H25N3O3/c1-4-24-12-13-25(22(28)21(24)27)14-17-8-10-18(11-9-17)20(26)23-19-7-5-6-15(2)16(19)3/h5-11H,4,12-14H2,1-3H3,(H,23,26). The fourth-order valence-electron chi connectivity index (χ4n) is 3.23. The van der Waals surface area contributed by atoms with E-state index in [1.54, 1.807) is 21.9 Å². The van der Waals surface area contributed by atoms with Crippen LogP contribution in [0.4, 0.5) is 5.69 Å². The largest absolute Gasteiger partial charge is 0.333 e. The zero-order chi connectivity index (χ0) is 20.3. The first-order chi connectivity index (χ1) is 13.4. The van der Waals surface area contributed by atoms with Crippen molar-refractivity contribution in [3.8, 4) is 0 Å². The van der Waals surface area contributed by atoms with Crippen molar-refractivity contribution in [1.29, 1.82) is 0 Å². The number of hydrogen-bond acceptors (Lipinski definition) is 3. The second-order valence-corrected chi connectivity index (χ2v) is 7.01. The molecule has 3 amide bonds. The molecule has 1 aliphatic rings. The monoisotopic (exact) mass is 379 g/mol. The lowest BCUT2D eigenvalue weighted by Gasteiger charge is -2.33. The van der Waals surface area contributed by atoms with Gasteiger partial charge in [-0.1, -0.05) is 24.3 Å². The molecule has 0 radical (unpaired) electrons. The number of piperazine rings is 1. The number of benzene rings is 2. The quantitative estimate of drug-likeness (QED) is 0.812. The molecule has 146 valence electrons. The summed E-state index contributed by atoms with van der Waals surface area (Å²) in [6.07, 6.45) is 0. The first kappa shape index (κ1) is 19.6. The fraction of sp³-hybridized carbons (Fsp3) is 0.318. The Balaban J connectivity index is 1.65. The Bertz CT molecular complexity index is 906. The van der Waals surface area contributed by atoms with E-state index in [0.29, 0.717) is 31.7 Å². The zero-order valence-electron chi connectivity index (χ0n) is 16.5. The van der Waals surface area contributed by atoms with E-state index in [0.717, 1.165) is 22.4 Å². The second-order valence-electron chi connectivity index (χ2n) is 7.01. The van der Waals surface area contributed by atoms with Gasteiger partial charge in [-0.2, -0.15) is 0 Å². The van der Waals surface area contributed by atoms with E-state index >= 15 is 0 Å². The van der Waals surface area contributed by atoms with E-state index in [1.807, 2.05) is 51.1 Å². The Labute approximate surface area is 165 Å². The molecule has 28 heavy (non-hydrogen) atoms. The molecule has 1 heterocycles. The maximum absolute atomic E-state index is 12.5. The van der Waals surface area contributed by atoms with E-state index in [1.165, 1.54) is 0 Å². The minimum absolute atomic E-state index is 0.178. The van der Waals surface area contributed by atoms with Crippen LogP contribution in [-0.4, -0.2) is 47.2 Å². The van der Waals surface area contributed by atoms with Crippen LogP contribution in [0.15, 0.2) is 42.5 Å². The molecule has 1 aliphatic heterocycles. The summed E-state index contributed by atoms with van der Waals surface area (Å²) < 4.78 is 0. The Morgan fingerprint density at radius 2 is 1.61 bits per heavy atom. The molecule has 6 heteroatoms. The topological polar surface area (TPSA) is 69.7 Å². The van der Waals surface area contributed by atoms with E-state index in [-0.39, 0.29) is 5.91 Å². The van der Waals surface area contributed by atoms with Gasteiger partial charge in [0.15, 0.2) is 0 Å². The van der Waals surface area contributed by atoms with Crippen LogP contribution in [0.25, 0.3) is 0 Å². The van der Waals surface area contributed by atoms with Gasteiger partial charge in [0.2, 0.25) is 0 Å². The molecule has 2 aromatic carbocycles. The molecule has 0 saturated carbocycles. The molecule has 0 aliphatic carbocycles. The van der Waals surface area contributed by atoms with Gasteiger partial charge in [-0.25, -0.2) is 0 Å². The summed E-state index contributed by atoms with van der Waals surface area (Å²) in [5, 5.41) is 2.94. The molecule has 0 atom stereocenters. The lowest BCUT2D eigenvalue weighted by molar-refractivity contribution is -0.156. The highest BCUT2D eigenvalue weighted by molar-refractivity contribution is 6.35. The number of aryl methyl sites for hydroxylation is 1. The average Bonchev–Trinajstić information content (AvgIpc) is 2.70. The summed E-state index contributed by atoms with van der Waals surface area (Å²) in [5.41, 5.74) is 4.39. The van der Waals surface area contributed by atoms with Gasteiger partial charge in [0.25, 0.3) is 5.91 Å². The number of anilines is 1. The number of carbonyl (C=O) groups excluding carboxylic acids is 3. The van der Waals surface area contributed by atoms with E-state index < -0.39 is 11.8 Å². The van der Waals surface area contributed by atoms with Gasteiger partial charge in [-0.05, 0) is 55.7 Å². The Kier molecular flexibility index (Phi) is 5.78. The predicted octanol–water partition coefficient (Wildman–Crippen LogP) is 2.75. The summed E-state index contributed by atoms with van der Waals surface area (Å²) in [6.45, 7) is 7.83. The van der Waals surface area contributed by atoms with Crippen LogP contribution >= 0.6 is 0 Å². The Hall–Kier alpha value is -3.15. The zero-order valence-corrected chi connectivity index (χ0v) is 16.5. The van der Waals surface area contributed by atoms with Crippen LogP contribution in [0.3, 0.4) is 0 Å². The summed E-state index contributed by atoms with van der Waals surface area (Å²) in [5.74, 6) is -1.09. The van der Waals surface area contributed by atoms with Crippen LogP contribution in [0.1, 0.15) is 34.0 Å². The highest BCUT2D eigenvalue weighted by Gasteiger charge is 2.31. The van der Waals surface area contributed by atoms with Gasteiger partial charge in [0, 0.05) is 37.4 Å². The predicted molar refractivity (Wildman–Crippen MR) is 108 cm³/mol. The van der Waals surface area contributed by atoms with Crippen LogP contribution in [0.5, 0.6) is 0 Å². The summed E-state index contributed by atoms with van der Waals surface area (Å²) in [4.78, 5) is 39.8. The minimum Gasteiger partial charge on any atom is -0.333 e. The van der Waals surface area contributed by atoms with Crippen molar-refractivity contribution in [2.75, 3.05) is 25.0 Å².